The average molecular weight is 669 g/mol. The van der Waals surface area contributed by atoms with Gasteiger partial charge in [-0.1, -0.05) is 157 Å². The molecule has 48 heavy (non-hydrogen) atoms. The van der Waals surface area contributed by atoms with Crippen molar-refractivity contribution in [3.8, 4) is 0 Å². The number of allylic oxidation sites excluding steroid dienone is 12. The summed E-state index contributed by atoms with van der Waals surface area (Å²) in [4.78, 5) is 12.2. The van der Waals surface area contributed by atoms with Crippen molar-refractivity contribution in [3.05, 3.63) is 72.9 Å². The summed E-state index contributed by atoms with van der Waals surface area (Å²) >= 11 is 0. The van der Waals surface area contributed by atoms with Gasteiger partial charge < -0.3 is 14.6 Å². The van der Waals surface area contributed by atoms with Crippen LogP contribution in [0.25, 0.3) is 0 Å². The highest BCUT2D eigenvalue weighted by atomic mass is 16.6. The van der Waals surface area contributed by atoms with Crippen LogP contribution in [0.5, 0.6) is 0 Å². The molecule has 0 aliphatic heterocycles. The van der Waals surface area contributed by atoms with Crippen molar-refractivity contribution in [2.45, 2.75) is 180 Å². The maximum Gasteiger partial charge on any atom is 0.306 e. The molecule has 0 aromatic carbocycles. The number of unbranched alkanes of at least 4 members (excludes halogenated alkanes) is 16. The molecule has 1 atom stereocenters. The Morgan fingerprint density at radius 3 is 1.44 bits per heavy atom. The van der Waals surface area contributed by atoms with Crippen LogP contribution in [-0.2, 0) is 14.3 Å². The first-order valence-electron chi connectivity index (χ1n) is 20.0. The summed E-state index contributed by atoms with van der Waals surface area (Å²) in [5.41, 5.74) is 0. The zero-order chi connectivity index (χ0) is 34.9. The molecule has 0 spiro atoms. The third kappa shape index (κ3) is 38.3. The minimum atomic E-state index is -0.562. The van der Waals surface area contributed by atoms with E-state index in [9.17, 15) is 9.90 Å². The van der Waals surface area contributed by atoms with Crippen molar-refractivity contribution in [3.63, 3.8) is 0 Å². The molecule has 0 rings (SSSR count). The zero-order valence-corrected chi connectivity index (χ0v) is 31.5. The maximum atomic E-state index is 12.2. The van der Waals surface area contributed by atoms with Crippen LogP contribution in [0, 0.1) is 0 Å². The zero-order valence-electron chi connectivity index (χ0n) is 31.5. The fourth-order valence-corrected chi connectivity index (χ4v) is 5.29. The number of hydrogen-bond donors (Lipinski definition) is 1. The van der Waals surface area contributed by atoms with Crippen LogP contribution in [0.2, 0.25) is 0 Å². The molecule has 0 heterocycles. The lowest BCUT2D eigenvalue weighted by Gasteiger charge is -2.15. The minimum Gasteiger partial charge on any atom is -0.457 e. The molecule has 4 heteroatoms. The Bertz CT molecular complexity index is 835. The molecule has 0 aromatic heterocycles. The molecule has 0 saturated heterocycles. The molecule has 0 fully saturated rings. The topological polar surface area (TPSA) is 55.8 Å². The van der Waals surface area contributed by atoms with Crippen LogP contribution in [0.3, 0.4) is 0 Å². The summed E-state index contributed by atoms with van der Waals surface area (Å²) in [5, 5.41) is 9.58. The minimum absolute atomic E-state index is 0.194. The third-order valence-corrected chi connectivity index (χ3v) is 8.27. The van der Waals surface area contributed by atoms with E-state index in [1.54, 1.807) is 0 Å². The number of esters is 1. The Hall–Kier alpha value is -2.17. The quantitative estimate of drug-likeness (QED) is 0.0410. The highest BCUT2D eigenvalue weighted by molar-refractivity contribution is 5.69. The Kier molecular flexibility index (Phi) is 39.1. The molecule has 0 amide bonds. The second-order valence-corrected chi connectivity index (χ2v) is 13.0. The summed E-state index contributed by atoms with van der Waals surface area (Å²) in [7, 11) is 0. The summed E-state index contributed by atoms with van der Waals surface area (Å²) in [5.74, 6) is -0.223. The van der Waals surface area contributed by atoms with Crippen LogP contribution < -0.4 is 0 Å². The maximum absolute atomic E-state index is 12.2. The van der Waals surface area contributed by atoms with Crippen molar-refractivity contribution in [1.29, 1.82) is 0 Å². The second-order valence-electron chi connectivity index (χ2n) is 13.0. The van der Waals surface area contributed by atoms with Gasteiger partial charge in [-0.2, -0.15) is 0 Å². The lowest BCUT2D eigenvalue weighted by Crippen LogP contribution is -2.27. The molecule has 1 unspecified atom stereocenters. The van der Waals surface area contributed by atoms with E-state index in [0.29, 0.717) is 13.0 Å². The lowest BCUT2D eigenvalue weighted by atomic mass is 10.1. The van der Waals surface area contributed by atoms with Gasteiger partial charge in [-0.15, -0.1) is 0 Å². The van der Waals surface area contributed by atoms with Gasteiger partial charge in [0.1, 0.15) is 6.10 Å². The lowest BCUT2D eigenvalue weighted by molar-refractivity contribution is -0.154. The highest BCUT2D eigenvalue weighted by Gasteiger charge is 2.13. The standard InChI is InChI=1S/C44H76O4/c1-3-5-7-9-11-13-15-17-19-21-23-25-27-29-31-33-35-37-39-44(46)48-43(41-45)42-47-40-38-36-34-32-30-28-26-24-22-20-18-16-14-12-10-8-6-4-2/h6,8,12,14,18-21,24,26,30,32,43,45H,3-5,7,9-11,13,15-17,22-23,25,27-29,31,33-42H2,1-2H3/b8-6-,14-12-,20-18-,21-19-,26-24-,32-30-. The van der Waals surface area contributed by atoms with Crippen LogP contribution >= 0.6 is 0 Å². The fraction of sp³-hybridized carbons (Fsp3) is 0.705. The fourth-order valence-electron chi connectivity index (χ4n) is 5.29. The van der Waals surface area contributed by atoms with Gasteiger partial charge in [0.05, 0.1) is 13.2 Å². The van der Waals surface area contributed by atoms with Gasteiger partial charge in [-0.05, 0) is 83.5 Å². The van der Waals surface area contributed by atoms with Gasteiger partial charge in [-0.25, -0.2) is 0 Å². The smallest absolute Gasteiger partial charge is 0.306 e. The van der Waals surface area contributed by atoms with E-state index < -0.39 is 6.10 Å². The second kappa shape index (κ2) is 41.0. The van der Waals surface area contributed by atoms with Crippen LogP contribution in [0.4, 0.5) is 0 Å². The number of hydrogen-bond acceptors (Lipinski definition) is 4. The van der Waals surface area contributed by atoms with E-state index in [0.717, 1.165) is 64.2 Å². The van der Waals surface area contributed by atoms with E-state index in [4.69, 9.17) is 9.47 Å². The van der Waals surface area contributed by atoms with Crippen molar-refractivity contribution in [2.24, 2.45) is 0 Å². The summed E-state index contributed by atoms with van der Waals surface area (Å²) in [6, 6.07) is 0. The van der Waals surface area contributed by atoms with Crippen molar-refractivity contribution in [2.75, 3.05) is 19.8 Å². The number of rotatable bonds is 36. The molecule has 0 radical (unpaired) electrons. The van der Waals surface area contributed by atoms with Crippen LogP contribution in [-0.4, -0.2) is 37.0 Å². The molecule has 4 nitrogen and oxygen atoms in total. The van der Waals surface area contributed by atoms with E-state index in [1.807, 2.05) is 0 Å². The normalized spacial score (nSPS) is 13.1. The van der Waals surface area contributed by atoms with Gasteiger partial charge in [0, 0.05) is 13.0 Å². The van der Waals surface area contributed by atoms with Gasteiger partial charge in [0.2, 0.25) is 0 Å². The van der Waals surface area contributed by atoms with E-state index >= 15 is 0 Å². The number of ether oxygens (including phenoxy) is 2. The number of carbonyl (C=O) groups is 1. The van der Waals surface area contributed by atoms with E-state index in [-0.39, 0.29) is 19.2 Å². The molecular formula is C44H76O4. The summed E-state index contributed by atoms with van der Waals surface area (Å²) in [6.45, 7) is 5.12. The molecule has 0 bridgehead atoms. The Morgan fingerprint density at radius 1 is 0.521 bits per heavy atom. The Morgan fingerprint density at radius 2 is 0.938 bits per heavy atom. The largest absolute Gasteiger partial charge is 0.457 e. The Balaban J connectivity index is 3.55. The molecule has 1 N–H and O–H groups in total. The first-order chi connectivity index (χ1) is 23.7. The first kappa shape index (κ1) is 45.8. The molecule has 0 aliphatic rings. The number of aliphatic hydroxyl groups is 1. The molecule has 276 valence electrons. The molecular weight excluding hydrogens is 592 g/mol. The molecule has 0 aromatic rings. The average Bonchev–Trinajstić information content (AvgIpc) is 3.09. The first-order valence-corrected chi connectivity index (χ1v) is 20.0. The van der Waals surface area contributed by atoms with Gasteiger partial charge in [0.15, 0.2) is 0 Å². The van der Waals surface area contributed by atoms with Crippen molar-refractivity contribution < 1.29 is 19.4 Å². The monoisotopic (exact) mass is 669 g/mol. The summed E-state index contributed by atoms with van der Waals surface area (Å²) < 4.78 is 11.1. The van der Waals surface area contributed by atoms with Gasteiger partial charge in [-0.3, -0.25) is 4.79 Å². The molecule has 0 aliphatic carbocycles. The predicted molar refractivity (Wildman–Crippen MR) is 209 cm³/mol. The molecule has 0 saturated carbocycles. The predicted octanol–water partition coefficient (Wildman–Crippen LogP) is 13.0. The van der Waals surface area contributed by atoms with Crippen molar-refractivity contribution in [1.82, 2.24) is 0 Å². The van der Waals surface area contributed by atoms with Gasteiger partial charge >= 0.3 is 5.97 Å². The van der Waals surface area contributed by atoms with E-state index in [1.165, 1.54) is 89.9 Å². The highest BCUT2D eigenvalue weighted by Crippen LogP contribution is 2.12. The number of carbonyl (C=O) groups excluding carboxylic acids is 1. The number of aliphatic hydroxyl groups excluding tert-OH is 1. The SMILES string of the molecule is CC/C=C\C/C=C\C/C=C\C/C=C\C/C=C\CCCCOCC(CO)OC(=O)CCCCCCCCC/C=C\CCCCCCCCC. The Labute approximate surface area is 297 Å². The van der Waals surface area contributed by atoms with Crippen LogP contribution in [0.1, 0.15) is 174 Å². The third-order valence-electron chi connectivity index (χ3n) is 8.27. The summed E-state index contributed by atoms with van der Waals surface area (Å²) in [6.07, 6.45) is 55.3. The van der Waals surface area contributed by atoms with Gasteiger partial charge in [0.25, 0.3) is 0 Å². The van der Waals surface area contributed by atoms with Crippen molar-refractivity contribution >= 4 is 5.97 Å². The van der Waals surface area contributed by atoms with E-state index in [2.05, 4.69) is 86.8 Å². The van der Waals surface area contributed by atoms with Crippen LogP contribution in [0.15, 0.2) is 72.9 Å².